The van der Waals surface area contributed by atoms with Gasteiger partial charge in [-0.2, -0.15) is 5.10 Å². The third kappa shape index (κ3) is 4.52. The predicted molar refractivity (Wildman–Crippen MR) is 111 cm³/mol. The molecule has 152 valence electrons. The van der Waals surface area contributed by atoms with Crippen LogP contribution in [0.2, 0.25) is 0 Å². The van der Waals surface area contributed by atoms with Gasteiger partial charge in [0.15, 0.2) is 0 Å². The molecule has 1 aliphatic rings. The Labute approximate surface area is 169 Å². The predicted octanol–water partition coefficient (Wildman–Crippen LogP) is 2.37. The monoisotopic (exact) mass is 414 g/mol. The minimum atomic E-state index is -3.54. The van der Waals surface area contributed by atoms with Crippen molar-refractivity contribution in [3.05, 3.63) is 54.1 Å². The van der Waals surface area contributed by atoms with Crippen molar-refractivity contribution in [2.45, 2.75) is 24.7 Å². The molecule has 2 aromatic rings. The summed E-state index contributed by atoms with van der Waals surface area (Å²) in [5.74, 6) is -0.608. The van der Waals surface area contributed by atoms with E-state index in [9.17, 15) is 18.0 Å². The second-order valence-corrected chi connectivity index (χ2v) is 9.01. The van der Waals surface area contributed by atoms with E-state index in [0.29, 0.717) is 11.4 Å². The topological polar surface area (TPSA) is 99.2 Å². The molecule has 8 nitrogen and oxygen atoms in total. The van der Waals surface area contributed by atoms with Crippen LogP contribution >= 0.6 is 0 Å². The Morgan fingerprint density at radius 2 is 1.79 bits per heavy atom. The summed E-state index contributed by atoms with van der Waals surface area (Å²) < 4.78 is 25.4. The average molecular weight is 414 g/mol. The molecular formula is C20H22N4O4S. The van der Waals surface area contributed by atoms with Crippen molar-refractivity contribution < 1.29 is 18.0 Å². The van der Waals surface area contributed by atoms with Crippen molar-refractivity contribution in [1.29, 1.82) is 0 Å². The zero-order valence-electron chi connectivity index (χ0n) is 16.4. The van der Waals surface area contributed by atoms with Gasteiger partial charge in [-0.05, 0) is 48.9 Å². The first-order valence-corrected chi connectivity index (χ1v) is 10.4. The molecular weight excluding hydrogens is 392 g/mol. The number of carbonyl (C=O) groups excluding carboxylic acids is 2. The highest BCUT2D eigenvalue weighted by molar-refractivity contribution is 7.89. The fourth-order valence-electron chi connectivity index (χ4n) is 2.80. The molecule has 0 spiro atoms. The molecule has 1 aliphatic heterocycles. The third-order valence-corrected chi connectivity index (χ3v) is 6.26. The number of hydrogen-bond acceptors (Lipinski definition) is 5. The Kier molecular flexibility index (Phi) is 5.81. The van der Waals surface area contributed by atoms with Gasteiger partial charge in [0.1, 0.15) is 5.71 Å². The van der Waals surface area contributed by atoms with Gasteiger partial charge in [0.05, 0.1) is 10.6 Å². The van der Waals surface area contributed by atoms with Crippen LogP contribution in [-0.2, 0) is 19.6 Å². The molecule has 1 N–H and O–H groups in total. The molecule has 0 aromatic heterocycles. The van der Waals surface area contributed by atoms with Gasteiger partial charge in [0.2, 0.25) is 15.9 Å². The largest absolute Gasteiger partial charge is 0.321 e. The number of amides is 2. The molecule has 9 heteroatoms. The van der Waals surface area contributed by atoms with Crippen LogP contribution in [0, 0.1) is 6.92 Å². The van der Waals surface area contributed by atoms with Crippen LogP contribution in [0.25, 0.3) is 0 Å². The lowest BCUT2D eigenvalue weighted by atomic mass is 10.1. The van der Waals surface area contributed by atoms with E-state index in [1.165, 1.54) is 43.4 Å². The van der Waals surface area contributed by atoms with Crippen LogP contribution in [-0.4, -0.2) is 44.3 Å². The summed E-state index contributed by atoms with van der Waals surface area (Å²) in [5.41, 5.74) is 2.26. The highest BCUT2D eigenvalue weighted by atomic mass is 32.2. The van der Waals surface area contributed by atoms with Crippen molar-refractivity contribution in [1.82, 2.24) is 4.31 Å². The second-order valence-electron chi connectivity index (χ2n) is 6.86. The van der Waals surface area contributed by atoms with E-state index in [-0.39, 0.29) is 29.4 Å². The fourth-order valence-corrected chi connectivity index (χ4v) is 3.70. The van der Waals surface area contributed by atoms with Gasteiger partial charge < -0.3 is 5.32 Å². The first-order valence-electron chi connectivity index (χ1n) is 8.99. The van der Waals surface area contributed by atoms with E-state index in [1.807, 2.05) is 25.1 Å². The number of rotatable bonds is 5. The fraction of sp³-hybridized carbons (Fsp3) is 0.250. The molecule has 0 aliphatic carbocycles. The Morgan fingerprint density at radius 1 is 1.10 bits per heavy atom. The number of aryl methyl sites for hydroxylation is 1. The Hall–Kier alpha value is -3.04. The number of hydrogen-bond donors (Lipinski definition) is 1. The minimum absolute atomic E-state index is 0.131. The number of benzene rings is 2. The lowest BCUT2D eigenvalue weighted by molar-refractivity contribution is -0.118. The molecule has 0 unspecified atom stereocenters. The van der Waals surface area contributed by atoms with Gasteiger partial charge in [0, 0.05) is 32.6 Å². The van der Waals surface area contributed by atoms with Crippen molar-refractivity contribution in [3.8, 4) is 0 Å². The lowest BCUT2D eigenvalue weighted by Gasteiger charge is -2.23. The van der Waals surface area contributed by atoms with Crippen LogP contribution in [0.3, 0.4) is 0 Å². The van der Waals surface area contributed by atoms with Crippen molar-refractivity contribution in [3.63, 3.8) is 0 Å². The quantitative estimate of drug-likeness (QED) is 0.812. The van der Waals surface area contributed by atoms with E-state index < -0.39 is 15.9 Å². The van der Waals surface area contributed by atoms with Crippen molar-refractivity contribution in [2.24, 2.45) is 5.10 Å². The summed E-state index contributed by atoms with van der Waals surface area (Å²) in [5, 5.41) is 8.19. The van der Waals surface area contributed by atoms with E-state index >= 15 is 0 Å². The Bertz CT molecular complexity index is 1080. The summed E-state index contributed by atoms with van der Waals surface area (Å²) in [6.07, 6.45) is 0.417. The highest BCUT2D eigenvalue weighted by Crippen LogP contribution is 2.22. The van der Waals surface area contributed by atoms with Gasteiger partial charge >= 0.3 is 0 Å². The molecule has 2 amide bonds. The number of anilines is 2. The Balaban J connectivity index is 1.78. The number of nitrogens with one attached hydrogen (secondary N) is 1. The summed E-state index contributed by atoms with van der Waals surface area (Å²) in [4.78, 5) is 25.0. The standard InChI is InChI=1S/C20H22N4O4S/c1-14-5-4-6-16(13-14)24-19(25)12-11-18(22-24)20(26)21-15-7-9-17(10-8-15)29(27,28)23(2)3/h4-10,13H,11-12H2,1-3H3,(H,21,26). The summed E-state index contributed by atoms with van der Waals surface area (Å²) in [6.45, 7) is 1.91. The van der Waals surface area contributed by atoms with Gasteiger partial charge in [-0.15, -0.1) is 0 Å². The summed E-state index contributed by atoms with van der Waals surface area (Å²) in [7, 11) is -0.634. The number of carbonyl (C=O) groups is 2. The highest BCUT2D eigenvalue weighted by Gasteiger charge is 2.26. The van der Waals surface area contributed by atoms with Gasteiger partial charge in [-0.1, -0.05) is 12.1 Å². The van der Waals surface area contributed by atoms with Crippen molar-refractivity contribution >= 4 is 38.9 Å². The number of sulfonamides is 1. The maximum Gasteiger partial charge on any atom is 0.271 e. The van der Waals surface area contributed by atoms with E-state index in [4.69, 9.17) is 0 Å². The molecule has 1 heterocycles. The molecule has 3 rings (SSSR count). The molecule has 0 atom stereocenters. The van der Waals surface area contributed by atoms with E-state index in [2.05, 4.69) is 10.4 Å². The molecule has 0 fully saturated rings. The summed E-state index contributed by atoms with van der Waals surface area (Å²) in [6, 6.07) is 13.2. The normalized spacial score (nSPS) is 14.7. The van der Waals surface area contributed by atoms with E-state index in [0.717, 1.165) is 9.87 Å². The maximum absolute atomic E-state index is 12.6. The van der Waals surface area contributed by atoms with Crippen LogP contribution < -0.4 is 10.3 Å². The first-order chi connectivity index (χ1) is 13.7. The molecule has 0 radical (unpaired) electrons. The molecule has 0 saturated heterocycles. The average Bonchev–Trinajstić information content (AvgIpc) is 2.68. The number of nitrogens with zero attached hydrogens (tertiary/aromatic N) is 3. The van der Waals surface area contributed by atoms with Crippen molar-refractivity contribution in [2.75, 3.05) is 24.4 Å². The smallest absolute Gasteiger partial charge is 0.271 e. The zero-order chi connectivity index (χ0) is 21.2. The van der Waals surface area contributed by atoms with Crippen LogP contribution in [0.15, 0.2) is 58.5 Å². The van der Waals surface area contributed by atoms with Crippen LogP contribution in [0.5, 0.6) is 0 Å². The molecule has 0 saturated carbocycles. The van der Waals surface area contributed by atoms with Gasteiger partial charge in [-0.3, -0.25) is 9.59 Å². The van der Waals surface area contributed by atoms with Crippen LogP contribution in [0.1, 0.15) is 18.4 Å². The van der Waals surface area contributed by atoms with Crippen LogP contribution in [0.4, 0.5) is 11.4 Å². The SMILES string of the molecule is Cc1cccc(N2N=C(C(=O)Nc3ccc(S(=O)(=O)N(C)C)cc3)CCC2=O)c1. The summed E-state index contributed by atoms with van der Waals surface area (Å²) >= 11 is 0. The third-order valence-electron chi connectivity index (χ3n) is 4.43. The maximum atomic E-state index is 12.6. The number of hydrazone groups is 1. The lowest BCUT2D eigenvalue weighted by Crippen LogP contribution is -2.36. The Morgan fingerprint density at radius 3 is 2.41 bits per heavy atom. The molecule has 2 aromatic carbocycles. The molecule has 29 heavy (non-hydrogen) atoms. The first kappa shape index (κ1) is 20.7. The van der Waals surface area contributed by atoms with Gasteiger partial charge in [-0.25, -0.2) is 17.7 Å². The van der Waals surface area contributed by atoms with Gasteiger partial charge in [0.25, 0.3) is 5.91 Å². The second kappa shape index (κ2) is 8.14. The minimum Gasteiger partial charge on any atom is -0.321 e. The van der Waals surface area contributed by atoms with E-state index in [1.54, 1.807) is 6.07 Å². The zero-order valence-corrected chi connectivity index (χ0v) is 17.2. The molecule has 0 bridgehead atoms.